The second-order valence-electron chi connectivity index (χ2n) is 4.52. The number of aryl methyl sites for hydroxylation is 1. The molecular formula is C16H18. The lowest BCUT2D eigenvalue weighted by Crippen LogP contribution is -1.96. The van der Waals surface area contributed by atoms with Crippen LogP contribution >= 0.6 is 0 Å². The molecule has 82 valence electrons. The van der Waals surface area contributed by atoms with Crippen LogP contribution in [0, 0.1) is 6.92 Å². The SMILES string of the molecule is C=C1CC(=CC)C(=C)C1c1ccc(C)cc1. The van der Waals surface area contributed by atoms with Gasteiger partial charge < -0.3 is 0 Å². The van der Waals surface area contributed by atoms with Crippen molar-refractivity contribution < 1.29 is 0 Å². The van der Waals surface area contributed by atoms with Gasteiger partial charge in [0.25, 0.3) is 0 Å². The van der Waals surface area contributed by atoms with Gasteiger partial charge in [0.2, 0.25) is 0 Å². The highest BCUT2D eigenvalue weighted by atomic mass is 14.3. The molecule has 16 heavy (non-hydrogen) atoms. The molecule has 1 aromatic rings. The Bertz CT molecular complexity index is 457. The molecule has 0 aliphatic heterocycles. The Morgan fingerprint density at radius 2 is 1.81 bits per heavy atom. The molecule has 2 rings (SSSR count). The van der Waals surface area contributed by atoms with E-state index >= 15 is 0 Å². The first-order valence-electron chi connectivity index (χ1n) is 5.72. The molecule has 1 aliphatic rings. The van der Waals surface area contributed by atoms with Crippen molar-refractivity contribution in [2.75, 3.05) is 0 Å². The van der Waals surface area contributed by atoms with Gasteiger partial charge in [-0.25, -0.2) is 0 Å². The van der Waals surface area contributed by atoms with Crippen LogP contribution in [-0.4, -0.2) is 0 Å². The molecule has 0 saturated heterocycles. The first-order valence-corrected chi connectivity index (χ1v) is 5.72. The van der Waals surface area contributed by atoms with E-state index in [-0.39, 0.29) is 0 Å². The van der Waals surface area contributed by atoms with Crippen LogP contribution in [0.3, 0.4) is 0 Å². The Kier molecular flexibility index (Phi) is 2.82. The average molecular weight is 210 g/mol. The van der Waals surface area contributed by atoms with E-state index in [2.05, 4.69) is 57.3 Å². The summed E-state index contributed by atoms with van der Waals surface area (Å²) in [7, 11) is 0. The summed E-state index contributed by atoms with van der Waals surface area (Å²) in [5.74, 6) is 0.326. The summed E-state index contributed by atoms with van der Waals surface area (Å²) in [5.41, 5.74) is 6.44. The molecular weight excluding hydrogens is 192 g/mol. The summed E-state index contributed by atoms with van der Waals surface area (Å²) in [5, 5.41) is 0. The highest BCUT2D eigenvalue weighted by Gasteiger charge is 2.27. The van der Waals surface area contributed by atoms with E-state index in [1.165, 1.54) is 27.8 Å². The predicted octanol–water partition coefficient (Wildman–Crippen LogP) is 4.54. The minimum atomic E-state index is 0.326. The molecule has 0 radical (unpaired) electrons. The summed E-state index contributed by atoms with van der Waals surface area (Å²) in [6, 6.07) is 8.69. The first-order chi connectivity index (χ1) is 7.63. The lowest BCUT2D eigenvalue weighted by atomic mass is 9.91. The van der Waals surface area contributed by atoms with Gasteiger partial charge in [-0.3, -0.25) is 0 Å². The molecule has 1 aromatic carbocycles. The molecule has 0 N–H and O–H groups in total. The minimum absolute atomic E-state index is 0.326. The zero-order valence-electron chi connectivity index (χ0n) is 10.1. The Balaban J connectivity index is 2.38. The number of hydrogen-bond donors (Lipinski definition) is 0. The topological polar surface area (TPSA) is 0 Å². The van der Waals surface area contributed by atoms with Crippen molar-refractivity contribution >= 4 is 0 Å². The van der Waals surface area contributed by atoms with Crippen molar-refractivity contribution in [3.05, 3.63) is 71.3 Å². The normalized spacial score (nSPS) is 23.1. The summed E-state index contributed by atoms with van der Waals surface area (Å²) in [6.07, 6.45) is 3.13. The van der Waals surface area contributed by atoms with Gasteiger partial charge in [-0.2, -0.15) is 0 Å². The third kappa shape index (κ3) is 1.76. The van der Waals surface area contributed by atoms with E-state index in [9.17, 15) is 0 Å². The number of hydrogen-bond acceptors (Lipinski definition) is 0. The lowest BCUT2D eigenvalue weighted by Gasteiger charge is -2.13. The summed E-state index contributed by atoms with van der Waals surface area (Å²) in [6.45, 7) is 12.6. The van der Waals surface area contributed by atoms with E-state index in [0.29, 0.717) is 5.92 Å². The van der Waals surface area contributed by atoms with Crippen LogP contribution in [0.1, 0.15) is 30.4 Å². The Morgan fingerprint density at radius 1 is 1.19 bits per heavy atom. The largest absolute Gasteiger partial charge is 0.0986 e. The van der Waals surface area contributed by atoms with E-state index in [4.69, 9.17) is 0 Å². The van der Waals surface area contributed by atoms with Crippen LogP contribution in [0.25, 0.3) is 0 Å². The van der Waals surface area contributed by atoms with Gasteiger partial charge in [-0.1, -0.05) is 54.6 Å². The summed E-state index contributed by atoms with van der Waals surface area (Å²) >= 11 is 0. The fourth-order valence-corrected chi connectivity index (χ4v) is 2.38. The highest BCUT2D eigenvalue weighted by molar-refractivity contribution is 5.53. The Morgan fingerprint density at radius 3 is 2.31 bits per heavy atom. The fraction of sp³-hybridized carbons (Fsp3) is 0.250. The zero-order chi connectivity index (χ0) is 11.7. The predicted molar refractivity (Wildman–Crippen MR) is 70.6 cm³/mol. The molecule has 1 aliphatic carbocycles. The molecule has 0 amide bonds. The van der Waals surface area contributed by atoms with Crippen LogP contribution in [0.4, 0.5) is 0 Å². The van der Waals surface area contributed by atoms with Crippen LogP contribution < -0.4 is 0 Å². The third-order valence-corrected chi connectivity index (χ3v) is 3.35. The van der Waals surface area contributed by atoms with Crippen LogP contribution in [0.2, 0.25) is 0 Å². The van der Waals surface area contributed by atoms with E-state index < -0.39 is 0 Å². The number of benzene rings is 1. The van der Waals surface area contributed by atoms with Gasteiger partial charge in [0.1, 0.15) is 0 Å². The molecule has 0 heterocycles. The molecule has 0 aromatic heterocycles. The van der Waals surface area contributed by atoms with Crippen LogP contribution in [0.15, 0.2) is 60.2 Å². The second-order valence-corrected chi connectivity index (χ2v) is 4.52. The maximum absolute atomic E-state index is 4.21. The maximum Gasteiger partial charge on any atom is 0.0296 e. The van der Waals surface area contributed by atoms with E-state index in [1.54, 1.807) is 0 Å². The standard InChI is InChI=1S/C16H18/c1-5-14-10-12(3)16(13(14)4)15-8-6-11(2)7-9-15/h5-9,16H,3-4,10H2,1-2H3. The summed E-state index contributed by atoms with van der Waals surface area (Å²) in [4.78, 5) is 0. The van der Waals surface area contributed by atoms with E-state index in [0.717, 1.165) is 6.42 Å². The van der Waals surface area contributed by atoms with E-state index in [1.807, 2.05) is 0 Å². The minimum Gasteiger partial charge on any atom is -0.0986 e. The van der Waals surface area contributed by atoms with Crippen molar-refractivity contribution in [1.82, 2.24) is 0 Å². The average Bonchev–Trinajstić information content (AvgIpc) is 2.56. The van der Waals surface area contributed by atoms with Crippen LogP contribution in [0.5, 0.6) is 0 Å². The van der Waals surface area contributed by atoms with Gasteiger partial charge in [0, 0.05) is 5.92 Å². The van der Waals surface area contributed by atoms with Gasteiger partial charge in [-0.15, -0.1) is 0 Å². The zero-order valence-corrected chi connectivity index (χ0v) is 10.1. The molecule has 1 fully saturated rings. The van der Waals surface area contributed by atoms with Crippen molar-refractivity contribution in [3.8, 4) is 0 Å². The lowest BCUT2D eigenvalue weighted by molar-refractivity contribution is 0.998. The van der Waals surface area contributed by atoms with Crippen molar-refractivity contribution in [1.29, 1.82) is 0 Å². The molecule has 0 bridgehead atoms. The number of rotatable bonds is 1. The molecule has 0 spiro atoms. The highest BCUT2D eigenvalue weighted by Crippen LogP contribution is 2.44. The van der Waals surface area contributed by atoms with Crippen LogP contribution in [-0.2, 0) is 0 Å². The monoisotopic (exact) mass is 210 g/mol. The smallest absolute Gasteiger partial charge is 0.0296 e. The van der Waals surface area contributed by atoms with Crippen molar-refractivity contribution in [2.45, 2.75) is 26.2 Å². The number of allylic oxidation sites excluding steroid dienone is 4. The van der Waals surface area contributed by atoms with Gasteiger partial charge in [0.15, 0.2) is 0 Å². The van der Waals surface area contributed by atoms with Crippen molar-refractivity contribution in [2.24, 2.45) is 0 Å². The molecule has 1 unspecified atom stereocenters. The summed E-state index contributed by atoms with van der Waals surface area (Å²) < 4.78 is 0. The maximum atomic E-state index is 4.21. The van der Waals surface area contributed by atoms with Gasteiger partial charge >= 0.3 is 0 Å². The van der Waals surface area contributed by atoms with Crippen molar-refractivity contribution in [3.63, 3.8) is 0 Å². The Labute approximate surface area is 98.0 Å². The molecule has 1 atom stereocenters. The molecule has 0 heteroatoms. The quantitative estimate of drug-likeness (QED) is 0.597. The van der Waals surface area contributed by atoms with Gasteiger partial charge in [-0.05, 0) is 37.0 Å². The third-order valence-electron chi connectivity index (χ3n) is 3.35. The fourth-order valence-electron chi connectivity index (χ4n) is 2.38. The molecule has 1 saturated carbocycles. The first kappa shape index (κ1) is 10.9. The molecule has 0 nitrogen and oxygen atoms in total. The van der Waals surface area contributed by atoms with Gasteiger partial charge in [0.05, 0.1) is 0 Å². The Hall–Kier alpha value is -1.56. The second kappa shape index (κ2) is 4.13.